The van der Waals surface area contributed by atoms with Gasteiger partial charge in [0.25, 0.3) is 0 Å². The highest BCUT2D eigenvalue weighted by Crippen LogP contribution is 2.30. The lowest BCUT2D eigenvalue weighted by Crippen LogP contribution is -2.33. The average molecular weight is 174 g/mol. The summed E-state index contributed by atoms with van der Waals surface area (Å²) >= 11 is 0. The topological polar surface area (TPSA) is 60.7 Å². The van der Waals surface area contributed by atoms with Gasteiger partial charge in [0, 0.05) is 5.41 Å². The van der Waals surface area contributed by atoms with Gasteiger partial charge >= 0.3 is 0 Å². The smallest absolute Gasteiger partial charge is 0.0646 e. The monoisotopic (exact) mass is 174 g/mol. The van der Waals surface area contributed by atoms with E-state index in [1.165, 1.54) is 0 Å². The SMILES string of the molecule is C=C(CO)C(CO)(CO)CCC. The van der Waals surface area contributed by atoms with Crippen molar-refractivity contribution in [2.75, 3.05) is 19.8 Å². The maximum Gasteiger partial charge on any atom is 0.0646 e. The summed E-state index contributed by atoms with van der Waals surface area (Å²) in [5, 5.41) is 27.0. The number of hydrogen-bond donors (Lipinski definition) is 3. The first-order valence-electron chi connectivity index (χ1n) is 4.17. The average Bonchev–Trinajstić information content (AvgIpc) is 2.13. The Morgan fingerprint density at radius 3 is 2.00 bits per heavy atom. The predicted molar refractivity (Wildman–Crippen MR) is 47.7 cm³/mol. The van der Waals surface area contributed by atoms with Crippen molar-refractivity contribution in [1.82, 2.24) is 0 Å². The van der Waals surface area contributed by atoms with Crippen LogP contribution in [0.2, 0.25) is 0 Å². The summed E-state index contributed by atoms with van der Waals surface area (Å²) in [5.41, 5.74) is -0.182. The second-order valence-electron chi connectivity index (χ2n) is 3.11. The summed E-state index contributed by atoms with van der Waals surface area (Å²) in [4.78, 5) is 0. The predicted octanol–water partition coefficient (Wildman–Crippen LogP) is 0.306. The Kier molecular flexibility index (Phi) is 5.13. The van der Waals surface area contributed by atoms with Crippen LogP contribution in [-0.4, -0.2) is 35.1 Å². The zero-order valence-electron chi connectivity index (χ0n) is 7.58. The first-order chi connectivity index (χ1) is 5.66. The summed E-state index contributed by atoms with van der Waals surface area (Å²) in [6.45, 7) is 5.11. The Hall–Kier alpha value is -0.380. The van der Waals surface area contributed by atoms with Gasteiger partial charge < -0.3 is 15.3 Å². The molecule has 0 unspecified atom stereocenters. The fourth-order valence-electron chi connectivity index (χ4n) is 1.25. The van der Waals surface area contributed by atoms with Crippen LogP contribution in [0.4, 0.5) is 0 Å². The second kappa shape index (κ2) is 5.30. The number of aliphatic hydroxyl groups is 3. The normalized spacial score (nSPS) is 11.7. The molecule has 0 atom stereocenters. The van der Waals surface area contributed by atoms with Gasteiger partial charge in [0.1, 0.15) is 0 Å². The molecule has 3 nitrogen and oxygen atoms in total. The van der Waals surface area contributed by atoms with Gasteiger partial charge in [-0.1, -0.05) is 19.9 Å². The zero-order chi connectivity index (χ0) is 9.61. The lowest BCUT2D eigenvalue weighted by atomic mass is 9.79. The third-order valence-corrected chi connectivity index (χ3v) is 2.27. The van der Waals surface area contributed by atoms with Crippen LogP contribution in [0.3, 0.4) is 0 Å². The molecule has 0 saturated carbocycles. The highest BCUT2D eigenvalue weighted by molar-refractivity contribution is 5.10. The summed E-state index contributed by atoms with van der Waals surface area (Å²) < 4.78 is 0. The van der Waals surface area contributed by atoms with Gasteiger partial charge in [0.2, 0.25) is 0 Å². The van der Waals surface area contributed by atoms with Crippen LogP contribution in [-0.2, 0) is 0 Å². The van der Waals surface area contributed by atoms with Crippen LogP contribution in [0.5, 0.6) is 0 Å². The molecule has 0 amide bonds. The van der Waals surface area contributed by atoms with E-state index in [1.54, 1.807) is 0 Å². The van der Waals surface area contributed by atoms with Gasteiger partial charge in [-0.2, -0.15) is 0 Å². The Morgan fingerprint density at radius 1 is 1.25 bits per heavy atom. The molecule has 72 valence electrons. The minimum atomic E-state index is -0.691. The lowest BCUT2D eigenvalue weighted by Gasteiger charge is -2.30. The minimum Gasteiger partial charge on any atom is -0.395 e. The van der Waals surface area contributed by atoms with Gasteiger partial charge in [-0.05, 0) is 12.0 Å². The summed E-state index contributed by atoms with van der Waals surface area (Å²) in [7, 11) is 0. The van der Waals surface area contributed by atoms with E-state index in [4.69, 9.17) is 15.3 Å². The molecule has 3 N–H and O–H groups in total. The molecule has 0 aliphatic carbocycles. The highest BCUT2D eigenvalue weighted by atomic mass is 16.3. The third-order valence-electron chi connectivity index (χ3n) is 2.27. The maximum absolute atomic E-state index is 9.08. The van der Waals surface area contributed by atoms with E-state index in [-0.39, 0.29) is 19.8 Å². The number of rotatable bonds is 6. The molecular weight excluding hydrogens is 156 g/mol. The summed E-state index contributed by atoms with van der Waals surface area (Å²) in [6, 6.07) is 0. The molecule has 0 fully saturated rings. The van der Waals surface area contributed by atoms with E-state index in [1.807, 2.05) is 6.92 Å². The second-order valence-corrected chi connectivity index (χ2v) is 3.11. The van der Waals surface area contributed by atoms with Crippen molar-refractivity contribution in [2.45, 2.75) is 19.8 Å². The Bertz CT molecular complexity index is 139. The standard InChI is InChI=1S/C9H18O3/c1-3-4-9(6-11,7-12)8(2)5-10/h10-12H,2-7H2,1H3. The van der Waals surface area contributed by atoms with E-state index >= 15 is 0 Å². The fourth-order valence-corrected chi connectivity index (χ4v) is 1.25. The molecule has 0 radical (unpaired) electrons. The molecule has 0 spiro atoms. The highest BCUT2D eigenvalue weighted by Gasteiger charge is 2.30. The Morgan fingerprint density at radius 2 is 1.75 bits per heavy atom. The maximum atomic E-state index is 9.08. The fraction of sp³-hybridized carbons (Fsp3) is 0.778. The van der Waals surface area contributed by atoms with Crippen LogP contribution in [0.1, 0.15) is 19.8 Å². The van der Waals surface area contributed by atoms with Crippen molar-refractivity contribution in [3.63, 3.8) is 0 Å². The number of aliphatic hydroxyl groups excluding tert-OH is 3. The van der Waals surface area contributed by atoms with Crippen molar-refractivity contribution in [1.29, 1.82) is 0 Å². The van der Waals surface area contributed by atoms with Gasteiger partial charge in [-0.25, -0.2) is 0 Å². The van der Waals surface area contributed by atoms with Crippen LogP contribution in [0.25, 0.3) is 0 Å². The summed E-state index contributed by atoms with van der Waals surface area (Å²) in [6.07, 6.45) is 1.50. The van der Waals surface area contributed by atoms with Crippen LogP contribution >= 0.6 is 0 Å². The van der Waals surface area contributed by atoms with E-state index < -0.39 is 5.41 Å². The Labute approximate surface area is 73.4 Å². The molecule has 0 aromatic carbocycles. The van der Waals surface area contributed by atoms with E-state index in [0.29, 0.717) is 12.0 Å². The summed E-state index contributed by atoms with van der Waals surface area (Å²) in [5.74, 6) is 0. The van der Waals surface area contributed by atoms with E-state index in [9.17, 15) is 0 Å². The molecule has 0 rings (SSSR count). The van der Waals surface area contributed by atoms with Crippen molar-refractivity contribution in [3.05, 3.63) is 12.2 Å². The van der Waals surface area contributed by atoms with Crippen molar-refractivity contribution < 1.29 is 15.3 Å². The number of hydrogen-bond acceptors (Lipinski definition) is 3. The van der Waals surface area contributed by atoms with E-state index in [0.717, 1.165) is 6.42 Å². The van der Waals surface area contributed by atoms with E-state index in [2.05, 4.69) is 6.58 Å². The van der Waals surface area contributed by atoms with Crippen molar-refractivity contribution in [2.24, 2.45) is 5.41 Å². The molecule has 0 bridgehead atoms. The Balaban J connectivity index is 4.44. The molecule has 0 aliphatic heterocycles. The van der Waals surface area contributed by atoms with Crippen LogP contribution < -0.4 is 0 Å². The molecule has 0 aliphatic rings. The van der Waals surface area contributed by atoms with Gasteiger partial charge in [-0.15, -0.1) is 0 Å². The minimum absolute atomic E-state index is 0.156. The lowest BCUT2D eigenvalue weighted by molar-refractivity contribution is 0.0671. The van der Waals surface area contributed by atoms with Crippen molar-refractivity contribution >= 4 is 0 Å². The van der Waals surface area contributed by atoms with Crippen LogP contribution in [0.15, 0.2) is 12.2 Å². The molecule has 12 heavy (non-hydrogen) atoms. The molecule has 3 heteroatoms. The zero-order valence-corrected chi connectivity index (χ0v) is 7.58. The van der Waals surface area contributed by atoms with Crippen LogP contribution in [0, 0.1) is 5.41 Å². The molecular formula is C9H18O3. The first-order valence-corrected chi connectivity index (χ1v) is 4.17. The molecule has 0 aromatic heterocycles. The third kappa shape index (κ3) is 2.30. The van der Waals surface area contributed by atoms with Gasteiger partial charge in [-0.3, -0.25) is 0 Å². The molecule has 0 heterocycles. The quantitative estimate of drug-likeness (QED) is 0.508. The van der Waals surface area contributed by atoms with Gasteiger partial charge in [0.05, 0.1) is 19.8 Å². The van der Waals surface area contributed by atoms with Gasteiger partial charge in [0.15, 0.2) is 0 Å². The first kappa shape index (κ1) is 11.6. The largest absolute Gasteiger partial charge is 0.395 e. The van der Waals surface area contributed by atoms with Crippen molar-refractivity contribution in [3.8, 4) is 0 Å². The molecule has 0 aromatic rings. The molecule has 0 saturated heterocycles.